The molecule has 0 aliphatic carbocycles. The van der Waals surface area contributed by atoms with Crippen LogP contribution < -0.4 is 21.1 Å². The lowest BCUT2D eigenvalue weighted by Crippen LogP contribution is -2.46. The highest BCUT2D eigenvalue weighted by molar-refractivity contribution is 5.98. The molecule has 1 rings (SSSR count). The second-order valence-electron chi connectivity index (χ2n) is 4.85. The van der Waals surface area contributed by atoms with E-state index in [0.29, 0.717) is 17.0 Å². The van der Waals surface area contributed by atoms with Gasteiger partial charge < -0.3 is 21.1 Å². The first kappa shape index (κ1) is 15.8. The minimum atomic E-state index is -0.627. The monoisotopic (exact) mass is 279 g/mol. The zero-order chi connectivity index (χ0) is 15.3. The van der Waals surface area contributed by atoms with Gasteiger partial charge in [0.25, 0.3) is 5.91 Å². The van der Waals surface area contributed by atoms with E-state index in [9.17, 15) is 9.59 Å². The first-order valence-corrected chi connectivity index (χ1v) is 6.39. The van der Waals surface area contributed by atoms with Crippen molar-refractivity contribution in [1.29, 1.82) is 0 Å². The van der Waals surface area contributed by atoms with Gasteiger partial charge in [-0.3, -0.25) is 9.59 Å². The van der Waals surface area contributed by atoms with Gasteiger partial charge in [-0.15, -0.1) is 0 Å². The molecule has 0 aromatic heterocycles. The number of hydrogen-bond donors (Lipinski definition) is 3. The first-order chi connectivity index (χ1) is 9.33. The predicted molar refractivity (Wildman–Crippen MR) is 77.6 cm³/mol. The molecule has 0 aliphatic rings. The van der Waals surface area contributed by atoms with Gasteiger partial charge in [0.1, 0.15) is 11.8 Å². The van der Waals surface area contributed by atoms with Crippen LogP contribution in [0.3, 0.4) is 0 Å². The van der Waals surface area contributed by atoms with E-state index >= 15 is 0 Å². The van der Waals surface area contributed by atoms with Gasteiger partial charge in [0.05, 0.1) is 7.11 Å². The second-order valence-corrected chi connectivity index (χ2v) is 4.85. The average Bonchev–Trinajstić information content (AvgIpc) is 2.36. The van der Waals surface area contributed by atoms with Gasteiger partial charge in [0.2, 0.25) is 5.91 Å². The third-order valence-electron chi connectivity index (χ3n) is 2.60. The maximum Gasteiger partial charge on any atom is 0.252 e. The number of nitrogens with one attached hydrogen (secondary N) is 2. The average molecular weight is 279 g/mol. The summed E-state index contributed by atoms with van der Waals surface area (Å²) in [6.45, 7) is 5.34. The Morgan fingerprint density at radius 1 is 1.15 bits per heavy atom. The Morgan fingerprint density at radius 3 is 2.35 bits per heavy atom. The summed E-state index contributed by atoms with van der Waals surface area (Å²) in [6.07, 6.45) is 0. The number of carbonyl (C=O) groups is 2. The van der Waals surface area contributed by atoms with Crippen molar-refractivity contribution in [2.24, 2.45) is 0 Å². The Balaban J connectivity index is 2.76. The van der Waals surface area contributed by atoms with Crippen LogP contribution in [0, 0.1) is 0 Å². The van der Waals surface area contributed by atoms with E-state index in [4.69, 9.17) is 10.5 Å². The van der Waals surface area contributed by atoms with Crippen molar-refractivity contribution in [3.05, 3.63) is 23.8 Å². The SMILES string of the molecule is COc1cc(N)cc(C(=O)NC(C)C(=O)NC(C)C)c1. The molecule has 6 heteroatoms. The minimum Gasteiger partial charge on any atom is -0.497 e. The van der Waals surface area contributed by atoms with E-state index in [2.05, 4.69) is 10.6 Å². The van der Waals surface area contributed by atoms with Crippen LogP contribution in [-0.2, 0) is 4.79 Å². The molecule has 1 aromatic carbocycles. The summed E-state index contributed by atoms with van der Waals surface area (Å²) in [5.41, 5.74) is 6.47. The Bertz CT molecular complexity index is 500. The van der Waals surface area contributed by atoms with Crippen LogP contribution in [0.25, 0.3) is 0 Å². The van der Waals surface area contributed by atoms with E-state index < -0.39 is 6.04 Å². The first-order valence-electron chi connectivity index (χ1n) is 6.39. The molecule has 0 bridgehead atoms. The van der Waals surface area contributed by atoms with E-state index in [1.54, 1.807) is 19.1 Å². The molecule has 6 nitrogen and oxygen atoms in total. The fourth-order valence-electron chi connectivity index (χ4n) is 1.63. The topological polar surface area (TPSA) is 93.4 Å². The Morgan fingerprint density at radius 2 is 1.80 bits per heavy atom. The van der Waals surface area contributed by atoms with Crippen LogP contribution in [0.1, 0.15) is 31.1 Å². The van der Waals surface area contributed by atoms with Crippen molar-refractivity contribution < 1.29 is 14.3 Å². The molecular weight excluding hydrogens is 258 g/mol. The lowest BCUT2D eigenvalue weighted by Gasteiger charge is -2.16. The molecule has 0 spiro atoms. The summed E-state index contributed by atoms with van der Waals surface area (Å²) in [4.78, 5) is 23.8. The van der Waals surface area contributed by atoms with E-state index in [1.807, 2.05) is 13.8 Å². The van der Waals surface area contributed by atoms with Crippen molar-refractivity contribution >= 4 is 17.5 Å². The van der Waals surface area contributed by atoms with E-state index in [0.717, 1.165) is 0 Å². The zero-order valence-electron chi connectivity index (χ0n) is 12.2. The molecule has 2 amide bonds. The summed E-state index contributed by atoms with van der Waals surface area (Å²) >= 11 is 0. The van der Waals surface area contributed by atoms with Crippen molar-refractivity contribution in [2.75, 3.05) is 12.8 Å². The molecule has 0 fully saturated rings. The molecule has 110 valence electrons. The Hall–Kier alpha value is -2.24. The summed E-state index contributed by atoms with van der Waals surface area (Å²) < 4.78 is 5.05. The number of rotatable bonds is 5. The van der Waals surface area contributed by atoms with Gasteiger partial charge in [0.15, 0.2) is 0 Å². The maximum absolute atomic E-state index is 12.1. The molecular formula is C14H21N3O3. The van der Waals surface area contributed by atoms with Gasteiger partial charge in [-0.05, 0) is 32.9 Å². The zero-order valence-corrected chi connectivity index (χ0v) is 12.2. The fraction of sp³-hybridized carbons (Fsp3) is 0.429. The number of nitrogens with two attached hydrogens (primary N) is 1. The lowest BCUT2D eigenvalue weighted by atomic mass is 10.1. The maximum atomic E-state index is 12.1. The third-order valence-corrected chi connectivity index (χ3v) is 2.60. The van der Waals surface area contributed by atoms with Crippen LogP contribution >= 0.6 is 0 Å². The molecule has 1 atom stereocenters. The van der Waals surface area contributed by atoms with Crippen molar-refractivity contribution in [1.82, 2.24) is 10.6 Å². The number of amides is 2. The van der Waals surface area contributed by atoms with Crippen LogP contribution in [0.5, 0.6) is 5.75 Å². The van der Waals surface area contributed by atoms with Gasteiger partial charge in [-0.25, -0.2) is 0 Å². The minimum absolute atomic E-state index is 0.0225. The van der Waals surface area contributed by atoms with Crippen LogP contribution in [0.2, 0.25) is 0 Å². The standard InChI is InChI=1S/C14H21N3O3/c1-8(2)16-13(18)9(3)17-14(19)10-5-11(15)7-12(6-10)20-4/h5-9H,15H2,1-4H3,(H,16,18)(H,17,19). The molecule has 0 aliphatic heterocycles. The molecule has 0 radical (unpaired) electrons. The molecule has 1 aromatic rings. The molecule has 1 unspecified atom stereocenters. The van der Waals surface area contributed by atoms with Gasteiger partial charge >= 0.3 is 0 Å². The summed E-state index contributed by atoms with van der Waals surface area (Å²) in [7, 11) is 1.50. The van der Waals surface area contributed by atoms with Gasteiger partial charge in [-0.1, -0.05) is 0 Å². The number of methoxy groups -OCH3 is 1. The Kier molecular flexibility index (Phi) is 5.37. The summed E-state index contributed by atoms with van der Waals surface area (Å²) in [5.74, 6) is -0.111. The number of ether oxygens (including phenoxy) is 1. The number of carbonyl (C=O) groups excluding carboxylic acids is 2. The highest BCUT2D eigenvalue weighted by Gasteiger charge is 2.17. The van der Waals surface area contributed by atoms with Crippen LogP contribution in [0.15, 0.2) is 18.2 Å². The third kappa shape index (κ3) is 4.46. The molecule has 0 heterocycles. The number of benzene rings is 1. The molecule has 0 saturated carbocycles. The van der Waals surface area contributed by atoms with Crippen LogP contribution in [0.4, 0.5) is 5.69 Å². The Labute approximate surface area is 118 Å². The molecule has 0 saturated heterocycles. The quantitative estimate of drug-likeness (QED) is 0.699. The predicted octanol–water partition coefficient (Wildman–Crippen LogP) is 0.920. The number of nitrogen functional groups attached to an aromatic ring is 1. The largest absolute Gasteiger partial charge is 0.497 e. The highest BCUT2D eigenvalue weighted by atomic mass is 16.5. The number of anilines is 1. The lowest BCUT2D eigenvalue weighted by molar-refractivity contribution is -0.123. The second kappa shape index (κ2) is 6.79. The van der Waals surface area contributed by atoms with Crippen molar-refractivity contribution in [3.8, 4) is 5.75 Å². The fourth-order valence-corrected chi connectivity index (χ4v) is 1.63. The van der Waals surface area contributed by atoms with Crippen molar-refractivity contribution in [3.63, 3.8) is 0 Å². The number of hydrogen-bond acceptors (Lipinski definition) is 4. The summed E-state index contributed by atoms with van der Waals surface area (Å²) in [6, 6.07) is 4.11. The van der Waals surface area contributed by atoms with E-state index in [1.165, 1.54) is 13.2 Å². The van der Waals surface area contributed by atoms with Crippen LogP contribution in [-0.4, -0.2) is 31.0 Å². The molecule has 4 N–H and O–H groups in total. The summed E-state index contributed by atoms with van der Waals surface area (Å²) in [5, 5.41) is 5.35. The van der Waals surface area contributed by atoms with Gasteiger partial charge in [-0.2, -0.15) is 0 Å². The highest BCUT2D eigenvalue weighted by Crippen LogP contribution is 2.18. The normalized spacial score (nSPS) is 11.8. The molecule has 20 heavy (non-hydrogen) atoms. The van der Waals surface area contributed by atoms with E-state index in [-0.39, 0.29) is 17.9 Å². The van der Waals surface area contributed by atoms with Crippen molar-refractivity contribution in [2.45, 2.75) is 32.9 Å². The smallest absolute Gasteiger partial charge is 0.252 e. The van der Waals surface area contributed by atoms with Gasteiger partial charge in [0, 0.05) is 23.4 Å².